The second-order valence-corrected chi connectivity index (χ2v) is 2.53. The molecule has 0 atom stereocenters. The Balaban J connectivity index is 3.10. The van der Waals surface area contributed by atoms with E-state index in [1.165, 1.54) is 0 Å². The normalized spacial score (nSPS) is 9.91. The third-order valence-electron chi connectivity index (χ3n) is 1.85. The fourth-order valence-corrected chi connectivity index (χ4v) is 1.13. The molecule has 0 aliphatic rings. The van der Waals surface area contributed by atoms with Gasteiger partial charge in [0.05, 0.1) is 6.92 Å². The first-order valence-electron chi connectivity index (χ1n) is 3.88. The van der Waals surface area contributed by atoms with E-state index in [1.54, 1.807) is 0 Å². The lowest BCUT2D eigenvalue weighted by Gasteiger charge is -2.03. The van der Waals surface area contributed by atoms with Gasteiger partial charge in [0.1, 0.15) is 12.2 Å². The van der Waals surface area contributed by atoms with Crippen LogP contribution in [0, 0.1) is 6.92 Å². The van der Waals surface area contributed by atoms with Gasteiger partial charge < -0.3 is 5.11 Å². The quantitative estimate of drug-likeness (QED) is 0.640. The van der Waals surface area contributed by atoms with Crippen molar-refractivity contribution in [2.45, 2.75) is 19.8 Å². The van der Waals surface area contributed by atoms with E-state index in [-0.39, 0.29) is 0 Å². The molecule has 0 spiro atoms. The second-order valence-electron chi connectivity index (χ2n) is 2.53. The summed E-state index contributed by atoms with van der Waals surface area (Å²) in [5, 5.41) is 9.55. The van der Waals surface area contributed by atoms with Gasteiger partial charge in [-0.2, -0.15) is 0 Å². The number of phenolic OH excluding ortho intramolecular Hbond substituents is 1. The fourth-order valence-electron chi connectivity index (χ4n) is 1.13. The van der Waals surface area contributed by atoms with Gasteiger partial charge in [0.25, 0.3) is 0 Å². The number of rotatable bonds is 2. The molecule has 0 aromatic heterocycles. The Morgan fingerprint density at radius 1 is 1.36 bits per heavy atom. The molecule has 1 heteroatoms. The maximum absolute atomic E-state index is 9.55. The Morgan fingerprint density at radius 2 is 2.00 bits per heavy atom. The summed E-state index contributed by atoms with van der Waals surface area (Å²) in [6.45, 7) is 5.76. The smallest absolute Gasteiger partial charge is 0.126 e. The van der Waals surface area contributed by atoms with Crippen LogP contribution in [0.2, 0.25) is 0 Å². The molecule has 1 rings (SSSR count). The number of hydrogen-bond acceptors (Lipinski definition) is 1. The number of aryl methyl sites for hydroxylation is 1. The molecule has 1 aromatic carbocycles. The molecule has 0 heterocycles. The van der Waals surface area contributed by atoms with Crippen LogP contribution in [0.25, 0.3) is 0 Å². The monoisotopic (exact) mass is 149 g/mol. The molecule has 1 nitrogen and oxygen atoms in total. The first kappa shape index (κ1) is 7.99. The van der Waals surface area contributed by atoms with E-state index in [1.807, 2.05) is 25.1 Å². The van der Waals surface area contributed by atoms with E-state index in [4.69, 9.17) is 0 Å². The minimum absolute atomic E-state index is 0.421. The van der Waals surface area contributed by atoms with Crippen LogP contribution in [0.1, 0.15) is 18.1 Å². The van der Waals surface area contributed by atoms with Crippen molar-refractivity contribution in [3.63, 3.8) is 0 Å². The number of hydrogen-bond donors (Lipinski definition) is 1. The first-order chi connectivity index (χ1) is 5.29. The molecule has 1 N–H and O–H groups in total. The van der Waals surface area contributed by atoms with Crippen LogP contribution in [0.3, 0.4) is 0 Å². The Hall–Kier alpha value is -1.11. The zero-order chi connectivity index (χ0) is 8.27. The highest BCUT2D eigenvalue weighted by Gasteiger charge is 2.04. The van der Waals surface area contributed by atoms with E-state index in [0.29, 0.717) is 12.2 Å². The van der Waals surface area contributed by atoms with Crippen LogP contribution in [-0.4, -0.2) is 5.11 Å². The number of para-hydroxylation sites is 1. The Bertz CT molecular complexity index is 218. The van der Waals surface area contributed by atoms with Crippen molar-refractivity contribution in [3.05, 3.63) is 36.2 Å². The third-order valence-corrected chi connectivity index (χ3v) is 1.85. The average molecular weight is 149 g/mol. The van der Waals surface area contributed by atoms with Gasteiger partial charge in [0.2, 0.25) is 0 Å². The standard InChI is InChI=1S/C10H12O/c1-3-8-6-5-7-9(4-2)10(8)11/h5-7H,1,3-4H2,2H3/p+1. The topological polar surface area (TPSA) is 20.2 Å². The summed E-state index contributed by atoms with van der Waals surface area (Å²) < 4.78 is 0. The van der Waals surface area contributed by atoms with Crippen molar-refractivity contribution in [1.29, 1.82) is 0 Å². The van der Waals surface area contributed by atoms with Crippen LogP contribution >= 0.6 is 0 Å². The molecule has 0 fully saturated rings. The first-order valence-corrected chi connectivity index (χ1v) is 3.88. The van der Waals surface area contributed by atoms with Crippen LogP contribution in [0.4, 0.5) is 0 Å². The van der Waals surface area contributed by atoms with Crippen molar-refractivity contribution >= 4 is 0 Å². The van der Waals surface area contributed by atoms with Gasteiger partial charge in [0.15, 0.2) is 0 Å². The molecule has 0 saturated heterocycles. The van der Waals surface area contributed by atoms with Gasteiger partial charge >= 0.3 is 0 Å². The summed E-state index contributed by atoms with van der Waals surface area (Å²) in [6.07, 6.45) is 1.53. The molecule has 0 saturated carbocycles. The lowest BCUT2D eigenvalue weighted by molar-refractivity contribution is 0.463. The molecular weight excluding hydrogens is 136 g/mol. The van der Waals surface area contributed by atoms with E-state index in [2.05, 4.69) is 6.92 Å². The van der Waals surface area contributed by atoms with Crippen LogP contribution < -0.4 is 0 Å². The highest BCUT2D eigenvalue weighted by molar-refractivity contribution is 5.40. The molecule has 0 amide bonds. The molecule has 0 radical (unpaired) electrons. The average Bonchev–Trinajstić information content (AvgIpc) is 2.05. The molecule has 0 bridgehead atoms. The minimum atomic E-state index is 0.421. The maximum Gasteiger partial charge on any atom is 0.126 e. The van der Waals surface area contributed by atoms with Crippen molar-refractivity contribution in [2.24, 2.45) is 0 Å². The summed E-state index contributed by atoms with van der Waals surface area (Å²) in [6, 6.07) is 5.80. The largest absolute Gasteiger partial charge is 0.507 e. The van der Waals surface area contributed by atoms with Crippen molar-refractivity contribution < 1.29 is 5.11 Å². The Labute approximate surface area is 67.7 Å². The Morgan fingerprint density at radius 3 is 2.55 bits per heavy atom. The van der Waals surface area contributed by atoms with Gasteiger partial charge in [-0.3, -0.25) is 0 Å². The molecule has 0 aliphatic heterocycles. The minimum Gasteiger partial charge on any atom is -0.507 e. The highest BCUT2D eigenvalue weighted by atomic mass is 16.3. The van der Waals surface area contributed by atoms with Gasteiger partial charge in [0, 0.05) is 5.56 Å². The van der Waals surface area contributed by atoms with Gasteiger partial charge in [-0.05, 0) is 12.0 Å². The third kappa shape index (κ3) is 1.48. The highest BCUT2D eigenvalue weighted by Crippen LogP contribution is 2.22. The van der Waals surface area contributed by atoms with Gasteiger partial charge in [-0.25, -0.2) is 0 Å². The van der Waals surface area contributed by atoms with E-state index in [9.17, 15) is 5.11 Å². The molecule has 0 unspecified atom stereocenters. The van der Waals surface area contributed by atoms with E-state index in [0.717, 1.165) is 17.5 Å². The fraction of sp³-hybridized carbons (Fsp3) is 0.300. The molecular formula is C10H13O+. The second kappa shape index (κ2) is 3.33. The maximum atomic E-state index is 9.55. The summed E-state index contributed by atoms with van der Waals surface area (Å²) in [4.78, 5) is 0. The predicted molar refractivity (Wildman–Crippen MR) is 46.5 cm³/mol. The number of benzene rings is 1. The van der Waals surface area contributed by atoms with Crippen molar-refractivity contribution in [3.8, 4) is 5.75 Å². The number of phenols is 1. The van der Waals surface area contributed by atoms with Crippen LogP contribution in [-0.2, 0) is 12.8 Å². The number of aromatic hydroxyl groups is 1. The van der Waals surface area contributed by atoms with E-state index >= 15 is 0 Å². The zero-order valence-corrected chi connectivity index (χ0v) is 6.80. The molecule has 1 aromatic rings. The van der Waals surface area contributed by atoms with Crippen LogP contribution in [0.15, 0.2) is 18.2 Å². The predicted octanol–water partition coefficient (Wildman–Crippen LogP) is 2.33. The SMILES string of the molecule is [CH2+]Cc1cccc(CC)c1O. The molecule has 11 heavy (non-hydrogen) atoms. The Kier molecular flexibility index (Phi) is 2.42. The summed E-state index contributed by atoms with van der Waals surface area (Å²) in [7, 11) is 0. The lowest BCUT2D eigenvalue weighted by atomic mass is 10.1. The summed E-state index contributed by atoms with van der Waals surface area (Å²) >= 11 is 0. The van der Waals surface area contributed by atoms with Gasteiger partial charge in [-0.15, -0.1) is 0 Å². The summed E-state index contributed by atoms with van der Waals surface area (Å²) in [5.41, 5.74) is 1.94. The van der Waals surface area contributed by atoms with E-state index < -0.39 is 0 Å². The molecule has 0 aliphatic carbocycles. The van der Waals surface area contributed by atoms with Crippen LogP contribution in [0.5, 0.6) is 5.75 Å². The van der Waals surface area contributed by atoms with Gasteiger partial charge in [-0.1, -0.05) is 25.1 Å². The summed E-state index contributed by atoms with van der Waals surface area (Å²) in [5.74, 6) is 0.421. The van der Waals surface area contributed by atoms with Crippen molar-refractivity contribution in [1.82, 2.24) is 0 Å². The lowest BCUT2D eigenvalue weighted by Crippen LogP contribution is -1.87. The zero-order valence-electron chi connectivity index (χ0n) is 6.80. The van der Waals surface area contributed by atoms with Crippen molar-refractivity contribution in [2.75, 3.05) is 0 Å². The molecule has 58 valence electrons.